The topological polar surface area (TPSA) is 75.7 Å². The van der Waals surface area contributed by atoms with E-state index in [1.807, 2.05) is 12.1 Å². The second kappa shape index (κ2) is 11.5. The van der Waals surface area contributed by atoms with Crippen molar-refractivity contribution < 1.29 is 14.9 Å². The number of unbranched alkanes of at least 4 members (excludes halogenated alkanes) is 2. The molecule has 26 heavy (non-hydrogen) atoms. The summed E-state index contributed by atoms with van der Waals surface area (Å²) in [6, 6.07) is 5.49. The van der Waals surface area contributed by atoms with Crippen molar-refractivity contribution in [2.75, 3.05) is 13.2 Å². The molecule has 0 heterocycles. The van der Waals surface area contributed by atoms with Crippen LogP contribution >= 0.6 is 0 Å². The Morgan fingerprint density at radius 1 is 1.08 bits per heavy atom. The van der Waals surface area contributed by atoms with E-state index in [2.05, 4.69) is 27.7 Å². The molecule has 1 rings (SSSR count). The molecule has 0 aromatic heterocycles. The van der Waals surface area contributed by atoms with Crippen LogP contribution in [0, 0.1) is 11.8 Å². The minimum Gasteiger partial charge on any atom is -0.508 e. The van der Waals surface area contributed by atoms with Gasteiger partial charge in [-0.1, -0.05) is 53.0 Å². The number of phenols is 1. The van der Waals surface area contributed by atoms with E-state index in [0.29, 0.717) is 31.1 Å². The van der Waals surface area contributed by atoms with Crippen LogP contribution < -0.4 is 10.5 Å². The number of aryl methyl sites for hydroxylation is 1. The average molecular weight is 366 g/mol. The summed E-state index contributed by atoms with van der Waals surface area (Å²) < 4.78 is 5.74. The summed E-state index contributed by atoms with van der Waals surface area (Å²) in [5, 5.41) is 19.9. The highest BCUT2D eigenvalue weighted by Gasteiger charge is 2.25. The lowest BCUT2D eigenvalue weighted by molar-refractivity contribution is 0.165. The number of aromatic hydroxyl groups is 1. The molecule has 4 nitrogen and oxygen atoms in total. The fraction of sp³-hybridized carbons (Fsp3) is 0.727. The van der Waals surface area contributed by atoms with E-state index in [4.69, 9.17) is 10.5 Å². The number of benzene rings is 1. The molecule has 0 amide bonds. The average Bonchev–Trinajstić information content (AvgIpc) is 2.56. The number of rotatable bonds is 13. The highest BCUT2D eigenvalue weighted by molar-refractivity contribution is 5.39. The van der Waals surface area contributed by atoms with Crippen LogP contribution in [0.5, 0.6) is 11.5 Å². The molecular weight excluding hydrogens is 326 g/mol. The lowest BCUT2D eigenvalue weighted by atomic mass is 9.85. The number of ether oxygens (including phenoxy) is 1. The maximum absolute atomic E-state index is 10.3. The highest BCUT2D eigenvalue weighted by atomic mass is 16.5. The Hall–Kier alpha value is -1.26. The van der Waals surface area contributed by atoms with E-state index < -0.39 is 5.54 Å². The zero-order valence-electron chi connectivity index (χ0n) is 17.1. The molecule has 4 N–H and O–H groups in total. The SMILES string of the molecule is CC(C)CCCCCOc1ccc(CCC(N)(CO)CC(C)C)c(O)c1. The molecule has 1 aromatic carbocycles. The number of nitrogens with two attached hydrogens (primary N) is 1. The monoisotopic (exact) mass is 365 g/mol. The van der Waals surface area contributed by atoms with Crippen molar-refractivity contribution in [2.45, 2.75) is 78.2 Å². The van der Waals surface area contributed by atoms with E-state index in [1.165, 1.54) is 19.3 Å². The fourth-order valence-electron chi connectivity index (χ4n) is 3.31. The van der Waals surface area contributed by atoms with E-state index in [1.54, 1.807) is 6.07 Å². The second-order valence-electron chi connectivity index (χ2n) is 8.50. The predicted molar refractivity (Wildman–Crippen MR) is 109 cm³/mol. The van der Waals surface area contributed by atoms with Gasteiger partial charge in [-0.3, -0.25) is 0 Å². The Kier molecular flexibility index (Phi) is 10.0. The first kappa shape index (κ1) is 22.8. The van der Waals surface area contributed by atoms with Crippen LogP contribution in [0.4, 0.5) is 0 Å². The summed E-state index contributed by atoms with van der Waals surface area (Å²) >= 11 is 0. The van der Waals surface area contributed by atoms with Gasteiger partial charge in [-0.25, -0.2) is 0 Å². The smallest absolute Gasteiger partial charge is 0.122 e. The summed E-state index contributed by atoms with van der Waals surface area (Å²) in [4.78, 5) is 0. The molecule has 0 fully saturated rings. The first-order valence-electron chi connectivity index (χ1n) is 10.1. The third-order valence-electron chi connectivity index (χ3n) is 4.77. The van der Waals surface area contributed by atoms with E-state index in [-0.39, 0.29) is 12.4 Å². The van der Waals surface area contributed by atoms with Crippen molar-refractivity contribution in [3.05, 3.63) is 23.8 Å². The summed E-state index contributed by atoms with van der Waals surface area (Å²) in [6.45, 7) is 9.34. The number of hydrogen-bond acceptors (Lipinski definition) is 4. The molecule has 0 saturated carbocycles. The fourth-order valence-corrected chi connectivity index (χ4v) is 3.31. The van der Waals surface area contributed by atoms with Crippen LogP contribution in [0.15, 0.2) is 18.2 Å². The zero-order valence-corrected chi connectivity index (χ0v) is 17.1. The molecule has 0 aliphatic carbocycles. The Balaban J connectivity index is 2.44. The quantitative estimate of drug-likeness (QED) is 0.445. The van der Waals surface area contributed by atoms with E-state index in [9.17, 15) is 10.2 Å². The van der Waals surface area contributed by atoms with Gasteiger partial charge in [-0.05, 0) is 49.1 Å². The van der Waals surface area contributed by atoms with Crippen molar-refractivity contribution in [2.24, 2.45) is 17.6 Å². The Morgan fingerprint density at radius 2 is 1.81 bits per heavy atom. The number of aliphatic hydroxyl groups excluding tert-OH is 1. The van der Waals surface area contributed by atoms with Crippen LogP contribution in [0.1, 0.15) is 71.8 Å². The molecule has 0 bridgehead atoms. The largest absolute Gasteiger partial charge is 0.508 e. The van der Waals surface area contributed by atoms with Crippen LogP contribution in [0.25, 0.3) is 0 Å². The highest BCUT2D eigenvalue weighted by Crippen LogP contribution is 2.27. The van der Waals surface area contributed by atoms with Crippen molar-refractivity contribution in [1.82, 2.24) is 0 Å². The van der Waals surface area contributed by atoms with Crippen LogP contribution in [0.2, 0.25) is 0 Å². The molecule has 0 spiro atoms. The molecule has 1 unspecified atom stereocenters. The molecule has 0 aliphatic rings. The standard InChI is InChI=1S/C22H39NO3/c1-17(2)8-6-5-7-13-26-20-10-9-19(21(25)14-20)11-12-22(23,16-24)15-18(3)4/h9-10,14,17-18,24-25H,5-8,11-13,15-16,23H2,1-4H3. The third-order valence-corrected chi connectivity index (χ3v) is 4.77. The van der Waals surface area contributed by atoms with Crippen LogP contribution in [-0.4, -0.2) is 29.0 Å². The molecular formula is C22H39NO3. The predicted octanol–water partition coefficient (Wildman–Crippen LogP) is 4.66. The Morgan fingerprint density at radius 3 is 2.38 bits per heavy atom. The number of phenolic OH excluding ortho intramolecular Hbond substituents is 1. The van der Waals surface area contributed by atoms with E-state index in [0.717, 1.165) is 24.3 Å². The van der Waals surface area contributed by atoms with Gasteiger partial charge in [0, 0.05) is 11.6 Å². The summed E-state index contributed by atoms with van der Waals surface area (Å²) in [5.41, 5.74) is 6.55. The van der Waals surface area contributed by atoms with Gasteiger partial charge in [0.1, 0.15) is 11.5 Å². The molecule has 1 atom stereocenters. The van der Waals surface area contributed by atoms with Gasteiger partial charge in [-0.15, -0.1) is 0 Å². The zero-order chi connectivity index (χ0) is 19.6. The lowest BCUT2D eigenvalue weighted by Crippen LogP contribution is -2.45. The first-order valence-corrected chi connectivity index (χ1v) is 10.1. The Bertz CT molecular complexity index is 516. The van der Waals surface area contributed by atoms with Gasteiger partial charge >= 0.3 is 0 Å². The van der Waals surface area contributed by atoms with Gasteiger partial charge in [0.05, 0.1) is 13.2 Å². The third kappa shape index (κ3) is 8.91. The molecule has 150 valence electrons. The summed E-state index contributed by atoms with van der Waals surface area (Å²) in [6.07, 6.45) is 6.78. The Labute approximate surface area is 159 Å². The van der Waals surface area contributed by atoms with Crippen molar-refractivity contribution in [3.8, 4) is 11.5 Å². The van der Waals surface area contributed by atoms with Crippen molar-refractivity contribution in [1.29, 1.82) is 0 Å². The first-order chi connectivity index (χ1) is 12.3. The van der Waals surface area contributed by atoms with Gasteiger partial charge in [-0.2, -0.15) is 0 Å². The normalized spacial score (nSPS) is 14.0. The molecule has 4 heteroatoms. The maximum atomic E-state index is 10.3. The lowest BCUT2D eigenvalue weighted by Gasteiger charge is -2.29. The van der Waals surface area contributed by atoms with Crippen molar-refractivity contribution in [3.63, 3.8) is 0 Å². The molecule has 0 saturated heterocycles. The minimum atomic E-state index is -0.592. The van der Waals surface area contributed by atoms with Gasteiger partial charge in [0.15, 0.2) is 0 Å². The van der Waals surface area contributed by atoms with E-state index >= 15 is 0 Å². The van der Waals surface area contributed by atoms with Gasteiger partial charge in [0.25, 0.3) is 0 Å². The van der Waals surface area contributed by atoms with Gasteiger partial charge in [0.2, 0.25) is 0 Å². The number of aliphatic hydroxyl groups is 1. The minimum absolute atomic E-state index is 0.0378. The van der Waals surface area contributed by atoms with Crippen molar-refractivity contribution >= 4 is 0 Å². The molecule has 0 aliphatic heterocycles. The number of hydrogen-bond donors (Lipinski definition) is 3. The van der Waals surface area contributed by atoms with Crippen LogP contribution in [0.3, 0.4) is 0 Å². The molecule has 0 radical (unpaired) electrons. The molecule has 1 aromatic rings. The van der Waals surface area contributed by atoms with Gasteiger partial charge < -0.3 is 20.7 Å². The summed E-state index contributed by atoms with van der Waals surface area (Å²) in [5.74, 6) is 2.14. The summed E-state index contributed by atoms with van der Waals surface area (Å²) in [7, 11) is 0. The maximum Gasteiger partial charge on any atom is 0.122 e. The van der Waals surface area contributed by atoms with Crippen LogP contribution in [-0.2, 0) is 6.42 Å². The second-order valence-corrected chi connectivity index (χ2v) is 8.50.